The number of methoxy groups -OCH3 is 1. The number of likely N-dealkylation sites (N-methyl/N-ethyl adjacent to an activating group) is 1. The standard InChI is InChI=1S/C34H32BrClN4O5.ClH/c1-19(37-3)32(42)38-28-18-40(33(43)22-10-8-21(9-11-22)20(2)41)30-16-23(36)12-14-29(30)39(34(28)44)17-26-24-6-5-7-27(35)25(24)13-15-31(26)45-4;/h5-16,19,28,37H,17-18H2,1-4H3,(H,38,42);1H. The van der Waals surface area contributed by atoms with Crippen molar-refractivity contribution in [2.24, 2.45) is 0 Å². The third-order valence-corrected chi connectivity index (χ3v) is 8.91. The predicted molar refractivity (Wildman–Crippen MR) is 187 cm³/mol. The number of rotatable bonds is 8. The minimum Gasteiger partial charge on any atom is -0.496 e. The second-order valence-corrected chi connectivity index (χ2v) is 12.1. The van der Waals surface area contributed by atoms with Gasteiger partial charge in [-0.05, 0) is 80.2 Å². The highest BCUT2D eigenvalue weighted by atomic mass is 79.9. The maximum Gasteiger partial charge on any atom is 0.258 e. The van der Waals surface area contributed by atoms with Crippen LogP contribution in [0.4, 0.5) is 11.4 Å². The van der Waals surface area contributed by atoms with Crippen molar-refractivity contribution in [2.45, 2.75) is 32.5 Å². The molecule has 3 amide bonds. The summed E-state index contributed by atoms with van der Waals surface area (Å²) < 4.78 is 6.63. The fraction of sp³-hybridized carbons (Fsp3) is 0.235. The van der Waals surface area contributed by atoms with Gasteiger partial charge >= 0.3 is 0 Å². The number of ether oxygens (including phenoxy) is 1. The number of hydrogen-bond donors (Lipinski definition) is 2. The van der Waals surface area contributed by atoms with E-state index in [1.54, 1.807) is 68.4 Å². The van der Waals surface area contributed by atoms with Gasteiger partial charge in [-0.3, -0.25) is 19.2 Å². The van der Waals surface area contributed by atoms with Crippen molar-refractivity contribution in [1.82, 2.24) is 10.6 Å². The second-order valence-electron chi connectivity index (χ2n) is 10.8. The SMILES string of the molecule is CNC(C)C(=O)NC1CN(C(=O)c2ccc(C(C)=O)cc2)c2cc(Cl)ccc2N(Cc2c(OC)ccc3c(Br)cccc23)C1=O.Cl. The van der Waals surface area contributed by atoms with Crippen LogP contribution < -0.4 is 25.2 Å². The van der Waals surface area contributed by atoms with Crippen molar-refractivity contribution in [3.05, 3.63) is 99.0 Å². The molecule has 4 aromatic rings. The van der Waals surface area contributed by atoms with E-state index in [2.05, 4.69) is 26.6 Å². The molecule has 0 saturated heterocycles. The van der Waals surface area contributed by atoms with Crippen LogP contribution >= 0.6 is 39.9 Å². The summed E-state index contributed by atoms with van der Waals surface area (Å²) in [6.07, 6.45) is 0. The van der Waals surface area contributed by atoms with E-state index in [0.717, 1.165) is 20.8 Å². The Bertz CT molecular complexity index is 1820. The van der Waals surface area contributed by atoms with Gasteiger partial charge < -0.3 is 25.2 Å². The molecule has 5 rings (SSSR count). The highest BCUT2D eigenvalue weighted by molar-refractivity contribution is 9.10. The number of hydrogen-bond acceptors (Lipinski definition) is 6. The average molecular weight is 728 g/mol. The number of ketones is 1. The Morgan fingerprint density at radius 2 is 1.70 bits per heavy atom. The third-order valence-electron chi connectivity index (χ3n) is 7.99. The van der Waals surface area contributed by atoms with Crippen LogP contribution in [0.3, 0.4) is 0 Å². The molecule has 2 atom stereocenters. The zero-order valence-corrected chi connectivity index (χ0v) is 28.8. The Kier molecular flexibility index (Phi) is 11.1. The number of carbonyl (C=O) groups excluding carboxylic acids is 4. The molecule has 0 fully saturated rings. The van der Waals surface area contributed by atoms with Crippen LogP contribution in [-0.2, 0) is 16.1 Å². The summed E-state index contributed by atoms with van der Waals surface area (Å²) in [6, 6.07) is 19.2. The smallest absolute Gasteiger partial charge is 0.258 e. The summed E-state index contributed by atoms with van der Waals surface area (Å²) in [6.45, 7) is 3.05. The average Bonchev–Trinajstić information content (AvgIpc) is 3.14. The lowest BCUT2D eigenvalue weighted by Crippen LogP contribution is -2.55. The van der Waals surface area contributed by atoms with Gasteiger partial charge in [0.25, 0.3) is 11.8 Å². The lowest BCUT2D eigenvalue weighted by Gasteiger charge is -2.27. The van der Waals surface area contributed by atoms with Gasteiger partial charge in [0, 0.05) is 26.2 Å². The normalized spacial score (nSPS) is 15.0. The summed E-state index contributed by atoms with van der Waals surface area (Å²) in [4.78, 5) is 56.6. The Morgan fingerprint density at radius 3 is 2.35 bits per heavy atom. The molecule has 0 spiro atoms. The number of anilines is 2. The van der Waals surface area contributed by atoms with E-state index in [9.17, 15) is 19.2 Å². The van der Waals surface area contributed by atoms with E-state index in [1.807, 2.05) is 30.3 Å². The summed E-state index contributed by atoms with van der Waals surface area (Å²) >= 11 is 10.1. The first-order valence-corrected chi connectivity index (χ1v) is 15.5. The van der Waals surface area contributed by atoms with Gasteiger partial charge in [0.15, 0.2) is 5.78 Å². The van der Waals surface area contributed by atoms with Crippen molar-refractivity contribution < 1.29 is 23.9 Å². The Morgan fingerprint density at radius 1 is 1.00 bits per heavy atom. The fourth-order valence-corrected chi connectivity index (χ4v) is 6.04. The summed E-state index contributed by atoms with van der Waals surface area (Å²) in [5, 5.41) is 7.92. The first kappa shape index (κ1) is 34.9. The van der Waals surface area contributed by atoms with E-state index in [1.165, 1.54) is 11.8 Å². The number of fused-ring (bicyclic) bond motifs is 2. The molecule has 0 saturated carbocycles. The minimum atomic E-state index is -1.10. The third kappa shape index (κ3) is 6.90. The van der Waals surface area contributed by atoms with E-state index < -0.39 is 29.8 Å². The molecule has 46 heavy (non-hydrogen) atoms. The lowest BCUT2D eigenvalue weighted by atomic mass is 10.0. The van der Waals surface area contributed by atoms with E-state index in [0.29, 0.717) is 33.3 Å². The first-order chi connectivity index (χ1) is 21.5. The fourth-order valence-electron chi connectivity index (χ4n) is 5.38. The largest absolute Gasteiger partial charge is 0.496 e. The highest BCUT2D eigenvalue weighted by Gasteiger charge is 2.38. The second kappa shape index (κ2) is 14.6. The van der Waals surface area contributed by atoms with Gasteiger partial charge in [-0.2, -0.15) is 0 Å². The lowest BCUT2D eigenvalue weighted by molar-refractivity contribution is -0.128. The van der Waals surface area contributed by atoms with Gasteiger partial charge in [-0.15, -0.1) is 12.4 Å². The number of nitrogens with one attached hydrogen (secondary N) is 2. The Hall–Kier alpha value is -3.96. The maximum atomic E-state index is 14.5. The quantitative estimate of drug-likeness (QED) is 0.210. The zero-order valence-electron chi connectivity index (χ0n) is 25.6. The van der Waals surface area contributed by atoms with Gasteiger partial charge in [-0.25, -0.2) is 0 Å². The Balaban J connectivity index is 0.00000480. The van der Waals surface area contributed by atoms with Gasteiger partial charge in [0.1, 0.15) is 11.8 Å². The number of nitrogens with zero attached hydrogens (tertiary/aromatic N) is 2. The molecule has 1 aliphatic rings. The topological polar surface area (TPSA) is 108 Å². The molecular weight excluding hydrogens is 695 g/mol. The van der Waals surface area contributed by atoms with Crippen molar-refractivity contribution in [1.29, 1.82) is 0 Å². The van der Waals surface area contributed by atoms with Crippen LogP contribution in [-0.4, -0.2) is 56.3 Å². The van der Waals surface area contributed by atoms with Crippen LogP contribution in [0, 0.1) is 0 Å². The van der Waals surface area contributed by atoms with Crippen LogP contribution in [0.1, 0.15) is 40.1 Å². The van der Waals surface area contributed by atoms with E-state index >= 15 is 0 Å². The molecule has 2 N–H and O–H groups in total. The van der Waals surface area contributed by atoms with Crippen molar-refractivity contribution in [2.75, 3.05) is 30.5 Å². The van der Waals surface area contributed by atoms with Gasteiger partial charge in [-0.1, -0.05) is 51.8 Å². The van der Waals surface area contributed by atoms with Crippen molar-refractivity contribution in [3.8, 4) is 5.75 Å². The summed E-state index contributed by atoms with van der Waals surface area (Å²) in [7, 11) is 3.22. The monoisotopic (exact) mass is 726 g/mol. The number of carbonyl (C=O) groups is 4. The molecule has 2 unspecified atom stereocenters. The molecule has 0 aliphatic carbocycles. The van der Waals surface area contributed by atoms with Crippen molar-refractivity contribution >= 4 is 85.6 Å². The molecule has 12 heteroatoms. The van der Waals surface area contributed by atoms with E-state index in [4.69, 9.17) is 16.3 Å². The molecule has 0 radical (unpaired) electrons. The summed E-state index contributed by atoms with van der Waals surface area (Å²) in [5.74, 6) is -0.775. The van der Waals surface area contributed by atoms with Gasteiger partial charge in [0.2, 0.25) is 5.91 Å². The number of Topliss-reactive ketones (excluding diaryl/α,β-unsaturated/α-hetero) is 1. The van der Waals surface area contributed by atoms with E-state index in [-0.39, 0.29) is 31.3 Å². The first-order valence-electron chi connectivity index (χ1n) is 14.3. The van der Waals surface area contributed by atoms with Crippen LogP contribution in [0.25, 0.3) is 10.8 Å². The molecule has 240 valence electrons. The number of amides is 3. The predicted octanol–water partition coefficient (Wildman–Crippen LogP) is 6.18. The van der Waals surface area contributed by atoms with Crippen LogP contribution in [0.2, 0.25) is 5.02 Å². The molecule has 1 heterocycles. The molecular formula is C34H33BrCl2N4O5. The molecule has 0 aromatic heterocycles. The van der Waals surface area contributed by atoms with Crippen molar-refractivity contribution in [3.63, 3.8) is 0 Å². The zero-order chi connectivity index (χ0) is 32.4. The minimum absolute atomic E-state index is 0. The number of halogens is 3. The van der Waals surface area contributed by atoms with Crippen LogP contribution in [0.15, 0.2) is 77.3 Å². The molecule has 0 bridgehead atoms. The summed E-state index contributed by atoms with van der Waals surface area (Å²) in [5.41, 5.74) is 2.36. The number of benzene rings is 4. The molecule has 9 nitrogen and oxygen atoms in total. The molecule has 1 aliphatic heterocycles. The molecule has 4 aromatic carbocycles. The highest BCUT2D eigenvalue weighted by Crippen LogP contribution is 2.40. The Labute approximate surface area is 286 Å². The van der Waals surface area contributed by atoms with Gasteiger partial charge in [0.05, 0.1) is 37.6 Å². The maximum absolute atomic E-state index is 14.5. The van der Waals surface area contributed by atoms with Crippen LogP contribution in [0.5, 0.6) is 5.75 Å².